The molecular formula is C14H14N2O4S. The van der Waals surface area contributed by atoms with Gasteiger partial charge in [0.25, 0.3) is 5.91 Å². The van der Waals surface area contributed by atoms with Crippen molar-refractivity contribution in [2.45, 2.75) is 13.8 Å². The van der Waals surface area contributed by atoms with Gasteiger partial charge in [-0.15, -0.1) is 11.3 Å². The summed E-state index contributed by atoms with van der Waals surface area (Å²) in [6, 6.07) is 4.58. The SMILES string of the molecule is Cc1ccc(C(=O)OCC(=O)Nc2nc(C)cs2)c(O)c1. The largest absolute Gasteiger partial charge is 0.507 e. The molecule has 2 rings (SSSR count). The zero-order valence-electron chi connectivity index (χ0n) is 11.5. The number of aromatic nitrogens is 1. The molecule has 21 heavy (non-hydrogen) atoms. The van der Waals surface area contributed by atoms with Gasteiger partial charge in [0.15, 0.2) is 11.7 Å². The Hall–Kier alpha value is -2.41. The topological polar surface area (TPSA) is 88.5 Å². The predicted octanol–water partition coefficient (Wildman–Crippen LogP) is 2.26. The monoisotopic (exact) mass is 306 g/mol. The fourth-order valence-corrected chi connectivity index (χ4v) is 2.29. The third kappa shape index (κ3) is 4.03. The molecule has 0 bridgehead atoms. The van der Waals surface area contributed by atoms with Crippen molar-refractivity contribution in [3.63, 3.8) is 0 Å². The number of esters is 1. The van der Waals surface area contributed by atoms with Crippen LogP contribution < -0.4 is 5.32 Å². The lowest BCUT2D eigenvalue weighted by Crippen LogP contribution is -2.20. The maximum atomic E-state index is 11.8. The van der Waals surface area contributed by atoms with Gasteiger partial charge in [0.05, 0.1) is 5.69 Å². The summed E-state index contributed by atoms with van der Waals surface area (Å²) < 4.78 is 4.86. The number of nitrogens with one attached hydrogen (secondary N) is 1. The molecule has 0 spiro atoms. The van der Waals surface area contributed by atoms with E-state index in [1.165, 1.54) is 23.5 Å². The van der Waals surface area contributed by atoms with Crippen LogP contribution in [0.3, 0.4) is 0 Å². The van der Waals surface area contributed by atoms with E-state index in [1.807, 2.05) is 6.92 Å². The highest BCUT2D eigenvalue weighted by molar-refractivity contribution is 7.13. The maximum Gasteiger partial charge on any atom is 0.342 e. The van der Waals surface area contributed by atoms with Crippen molar-refractivity contribution in [3.8, 4) is 5.75 Å². The van der Waals surface area contributed by atoms with E-state index in [2.05, 4.69) is 10.3 Å². The van der Waals surface area contributed by atoms with E-state index in [1.54, 1.807) is 18.4 Å². The van der Waals surface area contributed by atoms with Crippen LogP contribution in [0.4, 0.5) is 5.13 Å². The van der Waals surface area contributed by atoms with E-state index in [9.17, 15) is 14.7 Å². The number of aryl methyl sites for hydroxylation is 2. The number of hydrogen-bond acceptors (Lipinski definition) is 6. The van der Waals surface area contributed by atoms with E-state index < -0.39 is 18.5 Å². The van der Waals surface area contributed by atoms with Crippen molar-refractivity contribution in [2.24, 2.45) is 0 Å². The zero-order chi connectivity index (χ0) is 15.4. The Morgan fingerprint density at radius 1 is 1.38 bits per heavy atom. The Kier molecular flexibility index (Phi) is 4.54. The fraction of sp³-hybridized carbons (Fsp3) is 0.214. The van der Waals surface area contributed by atoms with Gasteiger partial charge in [0.2, 0.25) is 0 Å². The highest BCUT2D eigenvalue weighted by Crippen LogP contribution is 2.19. The molecule has 0 aliphatic rings. The molecule has 0 saturated heterocycles. The van der Waals surface area contributed by atoms with Crippen LogP contribution >= 0.6 is 11.3 Å². The number of phenolic OH excluding ortho intramolecular Hbond substituents is 1. The predicted molar refractivity (Wildman–Crippen MR) is 78.6 cm³/mol. The summed E-state index contributed by atoms with van der Waals surface area (Å²) in [6.45, 7) is 3.16. The second kappa shape index (κ2) is 6.36. The maximum absolute atomic E-state index is 11.8. The zero-order valence-corrected chi connectivity index (χ0v) is 12.4. The second-order valence-electron chi connectivity index (χ2n) is 4.44. The fourth-order valence-electron chi connectivity index (χ4n) is 1.59. The molecule has 0 fully saturated rings. The third-order valence-corrected chi connectivity index (χ3v) is 3.45. The van der Waals surface area contributed by atoms with Crippen LogP contribution in [0, 0.1) is 13.8 Å². The number of benzene rings is 1. The molecule has 0 saturated carbocycles. The molecule has 1 heterocycles. The summed E-state index contributed by atoms with van der Waals surface area (Å²) in [7, 11) is 0. The number of phenols is 1. The average Bonchev–Trinajstić information content (AvgIpc) is 2.81. The molecule has 1 aromatic heterocycles. The van der Waals surface area contributed by atoms with Gasteiger partial charge >= 0.3 is 5.97 Å². The van der Waals surface area contributed by atoms with Crippen LogP contribution in [0.5, 0.6) is 5.75 Å². The molecule has 7 heteroatoms. The summed E-state index contributed by atoms with van der Waals surface area (Å²) in [6.07, 6.45) is 0. The van der Waals surface area contributed by atoms with Gasteiger partial charge in [-0.3, -0.25) is 10.1 Å². The van der Waals surface area contributed by atoms with Gasteiger partial charge in [-0.25, -0.2) is 9.78 Å². The first-order valence-corrected chi connectivity index (χ1v) is 7.02. The Balaban J connectivity index is 1.90. The minimum atomic E-state index is -0.752. The highest BCUT2D eigenvalue weighted by atomic mass is 32.1. The van der Waals surface area contributed by atoms with Crippen molar-refractivity contribution in [1.82, 2.24) is 4.98 Å². The minimum absolute atomic E-state index is 0.0264. The van der Waals surface area contributed by atoms with E-state index in [0.29, 0.717) is 5.13 Å². The number of rotatable bonds is 4. The van der Waals surface area contributed by atoms with Gasteiger partial charge in [0.1, 0.15) is 11.3 Å². The molecule has 0 aliphatic carbocycles. The lowest BCUT2D eigenvalue weighted by Gasteiger charge is -2.06. The number of carbonyl (C=O) groups excluding carboxylic acids is 2. The molecule has 0 radical (unpaired) electrons. The normalized spacial score (nSPS) is 10.2. The summed E-state index contributed by atoms with van der Waals surface area (Å²) >= 11 is 1.29. The van der Waals surface area contributed by atoms with Crippen LogP contribution in [-0.4, -0.2) is 28.6 Å². The number of carbonyl (C=O) groups is 2. The number of aromatic hydroxyl groups is 1. The number of ether oxygens (including phenoxy) is 1. The third-order valence-electron chi connectivity index (χ3n) is 2.57. The van der Waals surface area contributed by atoms with Crippen molar-refractivity contribution >= 4 is 28.3 Å². The van der Waals surface area contributed by atoms with Gasteiger partial charge in [-0.05, 0) is 31.5 Å². The van der Waals surface area contributed by atoms with E-state index in [4.69, 9.17) is 4.74 Å². The molecular weight excluding hydrogens is 292 g/mol. The molecule has 2 aromatic rings. The van der Waals surface area contributed by atoms with Crippen molar-refractivity contribution < 1.29 is 19.4 Å². The number of amides is 1. The van der Waals surface area contributed by atoms with Crippen LogP contribution in [0.1, 0.15) is 21.6 Å². The molecule has 0 atom stereocenters. The van der Waals surface area contributed by atoms with Gasteiger partial charge < -0.3 is 9.84 Å². The summed E-state index contributed by atoms with van der Waals surface area (Å²) in [4.78, 5) is 27.4. The Morgan fingerprint density at radius 2 is 2.14 bits per heavy atom. The first-order chi connectivity index (χ1) is 9.95. The Morgan fingerprint density at radius 3 is 2.76 bits per heavy atom. The molecule has 0 aliphatic heterocycles. The second-order valence-corrected chi connectivity index (χ2v) is 5.30. The van der Waals surface area contributed by atoms with Crippen molar-refractivity contribution in [2.75, 3.05) is 11.9 Å². The first-order valence-electron chi connectivity index (χ1n) is 6.14. The molecule has 1 amide bonds. The van der Waals surface area contributed by atoms with Crippen LogP contribution in [-0.2, 0) is 9.53 Å². The smallest absolute Gasteiger partial charge is 0.342 e. The van der Waals surface area contributed by atoms with Crippen LogP contribution in [0.2, 0.25) is 0 Å². The average molecular weight is 306 g/mol. The van der Waals surface area contributed by atoms with Crippen molar-refractivity contribution in [1.29, 1.82) is 0 Å². The molecule has 110 valence electrons. The number of thiazole rings is 1. The van der Waals surface area contributed by atoms with Crippen LogP contribution in [0.15, 0.2) is 23.6 Å². The van der Waals surface area contributed by atoms with Gasteiger partial charge in [0, 0.05) is 5.38 Å². The molecule has 2 N–H and O–H groups in total. The van der Waals surface area contributed by atoms with Gasteiger partial charge in [-0.1, -0.05) is 6.07 Å². The Labute approximate surface area is 125 Å². The van der Waals surface area contributed by atoms with Gasteiger partial charge in [-0.2, -0.15) is 0 Å². The lowest BCUT2D eigenvalue weighted by atomic mass is 10.1. The number of nitrogens with zero attached hydrogens (tertiary/aromatic N) is 1. The highest BCUT2D eigenvalue weighted by Gasteiger charge is 2.15. The number of hydrogen-bond donors (Lipinski definition) is 2. The first kappa shape index (κ1) is 15.0. The minimum Gasteiger partial charge on any atom is -0.507 e. The van der Waals surface area contributed by atoms with E-state index >= 15 is 0 Å². The number of anilines is 1. The molecule has 0 unspecified atom stereocenters. The summed E-state index contributed by atoms with van der Waals surface area (Å²) in [5, 5.41) is 14.4. The summed E-state index contributed by atoms with van der Waals surface area (Å²) in [5.41, 5.74) is 1.65. The van der Waals surface area contributed by atoms with E-state index in [0.717, 1.165) is 11.3 Å². The Bertz CT molecular complexity index is 681. The van der Waals surface area contributed by atoms with Crippen LogP contribution in [0.25, 0.3) is 0 Å². The quantitative estimate of drug-likeness (QED) is 0.846. The molecule has 6 nitrogen and oxygen atoms in total. The van der Waals surface area contributed by atoms with Crippen molar-refractivity contribution in [3.05, 3.63) is 40.4 Å². The summed E-state index contributed by atoms with van der Waals surface area (Å²) in [5.74, 6) is -1.40. The molecule has 1 aromatic carbocycles. The lowest BCUT2D eigenvalue weighted by molar-refractivity contribution is -0.119. The standard InChI is InChI=1S/C14H14N2O4S/c1-8-3-4-10(11(17)5-8)13(19)20-6-12(18)16-14-15-9(2)7-21-14/h3-5,7,17H,6H2,1-2H3,(H,15,16,18). The van der Waals surface area contributed by atoms with E-state index in [-0.39, 0.29) is 11.3 Å².